The van der Waals surface area contributed by atoms with E-state index in [4.69, 9.17) is 12.2 Å². The molecule has 1 heterocycles. The molecule has 0 aliphatic carbocycles. The number of halogens is 1. The Bertz CT molecular complexity index is 1400. The number of aliphatic hydroxyl groups is 1. The lowest BCUT2D eigenvalue weighted by molar-refractivity contribution is 0.159. The molecule has 1 aliphatic heterocycles. The van der Waals surface area contributed by atoms with E-state index in [2.05, 4.69) is 5.32 Å². The Labute approximate surface area is 220 Å². The van der Waals surface area contributed by atoms with E-state index in [0.717, 1.165) is 16.8 Å². The molecule has 4 N–H and O–H groups in total. The zero-order chi connectivity index (χ0) is 25.9. The van der Waals surface area contributed by atoms with Crippen LogP contribution in [0.2, 0.25) is 0 Å². The van der Waals surface area contributed by atoms with Crippen molar-refractivity contribution in [3.05, 3.63) is 114 Å². The maximum Gasteiger partial charge on any atom is 0.174 e. The Hall–Kier alpha value is -3.94. The molecule has 0 spiro atoms. The number of benzene rings is 4. The monoisotopic (exact) mass is 514 g/mol. The minimum atomic E-state index is -0.760. The van der Waals surface area contributed by atoms with Crippen molar-refractivity contribution in [2.24, 2.45) is 0 Å². The second kappa shape index (κ2) is 10.6. The summed E-state index contributed by atoms with van der Waals surface area (Å²) in [5.41, 5.74) is 3.81. The third-order valence-electron chi connectivity index (χ3n) is 6.76. The highest BCUT2D eigenvalue weighted by molar-refractivity contribution is 7.80. The Kier molecular flexibility index (Phi) is 7.08. The number of aliphatic hydroxyl groups excluding tert-OH is 1. The molecule has 37 heavy (non-hydrogen) atoms. The minimum Gasteiger partial charge on any atom is -0.508 e. The molecule has 1 fully saturated rings. The van der Waals surface area contributed by atoms with Crippen LogP contribution in [0.5, 0.6) is 11.5 Å². The molecule has 0 radical (unpaired) electrons. The van der Waals surface area contributed by atoms with Gasteiger partial charge in [-0.1, -0.05) is 54.6 Å². The summed E-state index contributed by atoms with van der Waals surface area (Å²) in [6.45, 7) is 0. The number of aromatic hydroxyl groups is 2. The van der Waals surface area contributed by atoms with E-state index in [9.17, 15) is 19.7 Å². The number of para-hydroxylation sites is 1. The Morgan fingerprint density at radius 2 is 1.59 bits per heavy atom. The van der Waals surface area contributed by atoms with Crippen LogP contribution in [0, 0.1) is 5.82 Å². The largest absolute Gasteiger partial charge is 0.508 e. The number of thiocarbonyl (C=S) groups is 1. The average Bonchev–Trinajstić information content (AvgIpc) is 3.23. The highest BCUT2D eigenvalue weighted by Gasteiger charge is 2.40. The summed E-state index contributed by atoms with van der Waals surface area (Å²) in [7, 11) is 0. The molecule has 7 heteroatoms. The third-order valence-corrected chi connectivity index (χ3v) is 7.07. The van der Waals surface area contributed by atoms with Crippen molar-refractivity contribution in [3.8, 4) is 22.6 Å². The van der Waals surface area contributed by atoms with E-state index in [1.54, 1.807) is 36.4 Å². The van der Waals surface area contributed by atoms with Gasteiger partial charge in [0.15, 0.2) is 5.11 Å². The SMILES string of the molecule is Oc1cccc(-c2ccc(C3C(CCC(O)c4ccc(F)cc4)NC(=S)N3c3ccccc3)c(O)c2)c1. The van der Waals surface area contributed by atoms with Crippen molar-refractivity contribution in [1.29, 1.82) is 0 Å². The Morgan fingerprint density at radius 1 is 0.865 bits per heavy atom. The van der Waals surface area contributed by atoms with Crippen molar-refractivity contribution >= 4 is 23.0 Å². The van der Waals surface area contributed by atoms with Crippen LogP contribution in [-0.2, 0) is 0 Å². The quantitative estimate of drug-likeness (QED) is 0.219. The zero-order valence-corrected chi connectivity index (χ0v) is 20.8. The van der Waals surface area contributed by atoms with E-state index in [0.29, 0.717) is 29.1 Å². The fourth-order valence-corrected chi connectivity index (χ4v) is 5.28. The molecule has 3 unspecified atom stereocenters. The lowest BCUT2D eigenvalue weighted by Crippen LogP contribution is -2.29. The molecule has 4 aromatic carbocycles. The van der Waals surface area contributed by atoms with E-state index < -0.39 is 6.10 Å². The van der Waals surface area contributed by atoms with Crippen molar-refractivity contribution in [1.82, 2.24) is 5.32 Å². The first-order valence-electron chi connectivity index (χ1n) is 12.1. The van der Waals surface area contributed by atoms with Gasteiger partial charge in [0.05, 0.1) is 18.2 Å². The second-order valence-electron chi connectivity index (χ2n) is 9.17. The number of hydrogen-bond donors (Lipinski definition) is 4. The Balaban J connectivity index is 1.46. The smallest absolute Gasteiger partial charge is 0.174 e. The van der Waals surface area contributed by atoms with Gasteiger partial charge in [-0.05, 0) is 84.2 Å². The lowest BCUT2D eigenvalue weighted by atomic mass is 9.91. The molecule has 0 aromatic heterocycles. The van der Waals surface area contributed by atoms with Crippen molar-refractivity contribution in [2.45, 2.75) is 31.0 Å². The summed E-state index contributed by atoms with van der Waals surface area (Å²) in [6, 6.07) is 27.5. The van der Waals surface area contributed by atoms with Crippen LogP contribution in [0.4, 0.5) is 10.1 Å². The topological polar surface area (TPSA) is 76.0 Å². The average molecular weight is 515 g/mol. The Morgan fingerprint density at radius 3 is 2.30 bits per heavy atom. The van der Waals surface area contributed by atoms with E-state index in [1.807, 2.05) is 53.4 Å². The van der Waals surface area contributed by atoms with Crippen molar-refractivity contribution in [3.63, 3.8) is 0 Å². The van der Waals surface area contributed by atoms with Crippen LogP contribution >= 0.6 is 12.2 Å². The van der Waals surface area contributed by atoms with Gasteiger partial charge in [0, 0.05) is 11.3 Å². The molecular weight excluding hydrogens is 487 g/mol. The normalized spacial score (nSPS) is 18.0. The first kappa shape index (κ1) is 24.7. The first-order chi connectivity index (χ1) is 17.9. The maximum absolute atomic E-state index is 13.3. The van der Waals surface area contributed by atoms with Gasteiger partial charge in [0.1, 0.15) is 17.3 Å². The summed E-state index contributed by atoms with van der Waals surface area (Å²) in [6.07, 6.45) is 0.220. The molecular formula is C30H27FN2O3S. The van der Waals surface area contributed by atoms with Crippen molar-refractivity contribution < 1.29 is 19.7 Å². The number of phenolic OH excluding ortho intramolecular Hbond substituents is 2. The number of phenols is 2. The highest BCUT2D eigenvalue weighted by atomic mass is 32.1. The molecule has 0 saturated carbocycles. The van der Waals surface area contributed by atoms with Crippen LogP contribution in [-0.4, -0.2) is 26.5 Å². The van der Waals surface area contributed by atoms with Gasteiger partial charge in [0.25, 0.3) is 0 Å². The fourth-order valence-electron chi connectivity index (χ4n) is 4.91. The van der Waals surface area contributed by atoms with Crippen LogP contribution < -0.4 is 10.2 Å². The summed E-state index contributed by atoms with van der Waals surface area (Å²) in [5, 5.41) is 35.7. The van der Waals surface area contributed by atoms with Gasteiger partial charge in [-0.25, -0.2) is 4.39 Å². The summed E-state index contributed by atoms with van der Waals surface area (Å²) in [5.74, 6) is -0.0780. The number of hydrogen-bond acceptors (Lipinski definition) is 4. The molecule has 1 aliphatic rings. The molecule has 5 rings (SSSR count). The summed E-state index contributed by atoms with van der Waals surface area (Å²) >= 11 is 5.73. The number of anilines is 1. The van der Waals surface area contributed by atoms with Gasteiger partial charge < -0.3 is 25.5 Å². The highest BCUT2D eigenvalue weighted by Crippen LogP contribution is 2.41. The molecule has 5 nitrogen and oxygen atoms in total. The van der Waals surface area contributed by atoms with Crippen LogP contribution in [0.25, 0.3) is 11.1 Å². The molecule has 0 bridgehead atoms. The number of rotatable bonds is 7. The zero-order valence-electron chi connectivity index (χ0n) is 20.0. The van der Waals surface area contributed by atoms with Crippen LogP contribution in [0.3, 0.4) is 0 Å². The van der Waals surface area contributed by atoms with Gasteiger partial charge >= 0.3 is 0 Å². The predicted molar refractivity (Wildman–Crippen MR) is 147 cm³/mol. The van der Waals surface area contributed by atoms with Crippen LogP contribution in [0.1, 0.15) is 36.1 Å². The van der Waals surface area contributed by atoms with Gasteiger partial charge in [-0.15, -0.1) is 0 Å². The standard InChI is InChI=1S/C30H27FN2O3S/c31-22-12-9-19(10-13-22)27(35)16-15-26-29(33(30(37)32-26)23-6-2-1-3-7-23)25-14-11-21(18-28(25)36)20-5-4-8-24(34)17-20/h1-14,17-18,26-27,29,34-36H,15-16H2,(H,32,37). The second-order valence-corrected chi connectivity index (χ2v) is 9.56. The number of nitrogens with zero attached hydrogens (tertiary/aromatic N) is 1. The number of nitrogens with one attached hydrogen (secondary N) is 1. The molecule has 1 saturated heterocycles. The van der Waals surface area contributed by atoms with Gasteiger partial charge in [-0.3, -0.25) is 0 Å². The van der Waals surface area contributed by atoms with E-state index in [1.165, 1.54) is 12.1 Å². The van der Waals surface area contributed by atoms with Gasteiger partial charge in [0.2, 0.25) is 0 Å². The van der Waals surface area contributed by atoms with Crippen LogP contribution in [0.15, 0.2) is 97.1 Å². The minimum absolute atomic E-state index is 0.113. The molecule has 4 aromatic rings. The predicted octanol–water partition coefficient (Wildman–Crippen LogP) is 6.22. The first-order valence-corrected chi connectivity index (χ1v) is 12.5. The summed E-state index contributed by atoms with van der Waals surface area (Å²) in [4.78, 5) is 1.99. The molecule has 3 atom stereocenters. The molecule has 0 amide bonds. The van der Waals surface area contributed by atoms with Crippen molar-refractivity contribution in [2.75, 3.05) is 4.90 Å². The van der Waals surface area contributed by atoms with E-state index in [-0.39, 0.29) is 29.4 Å². The van der Waals surface area contributed by atoms with Gasteiger partial charge in [-0.2, -0.15) is 0 Å². The molecule has 188 valence electrons. The third kappa shape index (κ3) is 5.28. The summed E-state index contributed by atoms with van der Waals surface area (Å²) < 4.78 is 13.3. The lowest BCUT2D eigenvalue weighted by Gasteiger charge is -2.29. The van der Waals surface area contributed by atoms with E-state index >= 15 is 0 Å². The maximum atomic E-state index is 13.3. The fraction of sp³-hybridized carbons (Fsp3) is 0.167.